The van der Waals surface area contributed by atoms with E-state index < -0.39 is 5.60 Å². The molecule has 1 aliphatic carbocycles. The molecule has 0 amide bonds. The summed E-state index contributed by atoms with van der Waals surface area (Å²) < 4.78 is 17.7. The molecule has 0 radical (unpaired) electrons. The van der Waals surface area contributed by atoms with Crippen LogP contribution in [-0.4, -0.2) is 51.8 Å². The van der Waals surface area contributed by atoms with E-state index in [2.05, 4.69) is 30.8 Å². The number of benzene rings is 1. The molecular weight excluding hydrogens is 423 g/mol. The first kappa shape index (κ1) is 20.0. The Labute approximate surface area is 188 Å². The van der Waals surface area contributed by atoms with Crippen molar-refractivity contribution in [3.05, 3.63) is 66.1 Å². The van der Waals surface area contributed by atoms with Gasteiger partial charge in [-0.3, -0.25) is 5.10 Å². The number of hydrogen-bond acceptors (Lipinski definition) is 6. The van der Waals surface area contributed by atoms with Crippen molar-refractivity contribution in [2.45, 2.75) is 38.0 Å². The van der Waals surface area contributed by atoms with Gasteiger partial charge in [0.25, 0.3) is 0 Å². The summed E-state index contributed by atoms with van der Waals surface area (Å²) in [5, 5.41) is 29.3. The minimum Gasteiger partial charge on any atom is -0.389 e. The van der Waals surface area contributed by atoms with Gasteiger partial charge in [-0.25, -0.2) is 14.1 Å². The first-order chi connectivity index (χ1) is 16.1. The zero-order valence-electron chi connectivity index (χ0n) is 17.9. The minimum atomic E-state index is -0.528. The van der Waals surface area contributed by atoms with Crippen LogP contribution >= 0.6 is 0 Å². The second-order valence-corrected chi connectivity index (χ2v) is 8.77. The van der Waals surface area contributed by atoms with Gasteiger partial charge in [-0.15, -0.1) is 5.10 Å². The molecule has 168 valence electrons. The van der Waals surface area contributed by atoms with Gasteiger partial charge < -0.3 is 14.8 Å². The van der Waals surface area contributed by atoms with Gasteiger partial charge in [0.1, 0.15) is 22.7 Å². The van der Waals surface area contributed by atoms with E-state index in [0.717, 1.165) is 41.7 Å². The number of pyridine rings is 1. The Morgan fingerprint density at radius 2 is 2.06 bits per heavy atom. The number of nitrogens with one attached hydrogen (secondary N) is 2. The Kier molecular flexibility index (Phi) is 4.70. The monoisotopic (exact) mass is 446 g/mol. The second kappa shape index (κ2) is 7.75. The van der Waals surface area contributed by atoms with Crippen LogP contribution in [0.2, 0.25) is 0 Å². The fourth-order valence-electron chi connectivity index (χ4n) is 4.36. The lowest BCUT2D eigenvalue weighted by molar-refractivity contribution is -0.0314. The number of fused-ring (bicyclic) bond motifs is 2. The van der Waals surface area contributed by atoms with Crippen molar-refractivity contribution in [3.8, 4) is 11.3 Å². The van der Waals surface area contributed by atoms with E-state index in [1.807, 2.05) is 35.1 Å². The molecule has 10 heteroatoms. The van der Waals surface area contributed by atoms with E-state index in [0.29, 0.717) is 36.2 Å². The van der Waals surface area contributed by atoms with Gasteiger partial charge in [-0.1, -0.05) is 11.3 Å². The largest absolute Gasteiger partial charge is 0.389 e. The topological polar surface area (TPSA) is 109 Å². The summed E-state index contributed by atoms with van der Waals surface area (Å²) in [7, 11) is 0. The fourth-order valence-corrected chi connectivity index (χ4v) is 4.36. The molecule has 0 aliphatic heterocycles. The van der Waals surface area contributed by atoms with Gasteiger partial charge >= 0.3 is 0 Å². The Bertz CT molecular complexity index is 1450. The lowest BCUT2D eigenvalue weighted by Crippen LogP contribution is -2.45. The number of H-pyrrole nitrogens is 1. The lowest BCUT2D eigenvalue weighted by Gasteiger charge is -2.36. The van der Waals surface area contributed by atoms with Gasteiger partial charge in [0, 0.05) is 36.4 Å². The van der Waals surface area contributed by atoms with Crippen LogP contribution in [0.25, 0.3) is 27.8 Å². The summed E-state index contributed by atoms with van der Waals surface area (Å²) in [5.74, 6) is -0.350. The molecule has 4 aromatic heterocycles. The normalized spacial score (nSPS) is 15.3. The molecule has 5 aromatic rings. The van der Waals surface area contributed by atoms with Crippen molar-refractivity contribution in [2.24, 2.45) is 0 Å². The highest BCUT2D eigenvalue weighted by Gasteiger charge is 2.33. The van der Waals surface area contributed by atoms with Crippen molar-refractivity contribution in [1.82, 2.24) is 39.9 Å². The average molecular weight is 446 g/mol. The first-order valence-electron chi connectivity index (χ1n) is 11.0. The average Bonchev–Trinajstić information content (AvgIpc) is 3.52. The summed E-state index contributed by atoms with van der Waals surface area (Å²) in [6.07, 6.45) is 10.3. The molecule has 0 bridgehead atoms. The minimum absolute atomic E-state index is 0.350. The predicted molar refractivity (Wildman–Crippen MR) is 120 cm³/mol. The van der Waals surface area contributed by atoms with E-state index >= 15 is 0 Å². The number of imidazole rings is 1. The number of halogens is 1. The third kappa shape index (κ3) is 3.77. The standard InChI is InChI=1S/C23H23FN8O/c24-19-4-3-17(18-9-26-29-22(18)19)20-13-32(30-28-20)12-16-11-31-10-15(2-5-21(31)27-16)8-25-14-23(33)6-1-7-23/h2-5,9-11,13,25,33H,1,6-8,12,14H2,(H,26,29). The van der Waals surface area contributed by atoms with E-state index in [4.69, 9.17) is 0 Å². The maximum absolute atomic E-state index is 13.9. The Morgan fingerprint density at radius 3 is 2.91 bits per heavy atom. The molecule has 9 nitrogen and oxygen atoms in total. The Hall–Kier alpha value is -3.63. The number of nitrogens with zero attached hydrogens (tertiary/aromatic N) is 6. The SMILES string of the molecule is OC1(CNCc2ccc3nc(Cn4cc(-c5ccc(F)c6[nH]ncc56)nn4)cn3c2)CCC1. The van der Waals surface area contributed by atoms with E-state index in [1.54, 1.807) is 16.9 Å². The van der Waals surface area contributed by atoms with Crippen LogP contribution < -0.4 is 5.32 Å². The summed E-state index contributed by atoms with van der Waals surface area (Å²) in [5.41, 5.74) is 4.07. The van der Waals surface area contributed by atoms with Gasteiger partial charge in [-0.2, -0.15) is 5.10 Å². The molecule has 1 fully saturated rings. The highest BCUT2D eigenvalue weighted by Crippen LogP contribution is 2.30. The quantitative estimate of drug-likeness (QED) is 0.355. The molecule has 0 spiro atoms. The van der Waals surface area contributed by atoms with E-state index in [9.17, 15) is 9.50 Å². The number of aromatic amines is 1. The number of aliphatic hydroxyl groups is 1. The van der Waals surface area contributed by atoms with Gasteiger partial charge in [0.05, 0.1) is 30.2 Å². The number of rotatable bonds is 7. The highest BCUT2D eigenvalue weighted by atomic mass is 19.1. The van der Waals surface area contributed by atoms with Gasteiger partial charge in [0.15, 0.2) is 0 Å². The van der Waals surface area contributed by atoms with Crippen LogP contribution in [0.1, 0.15) is 30.5 Å². The predicted octanol–water partition coefficient (Wildman–Crippen LogP) is 2.66. The molecule has 3 N–H and O–H groups in total. The van der Waals surface area contributed by atoms with Crippen LogP contribution in [0.5, 0.6) is 0 Å². The van der Waals surface area contributed by atoms with Gasteiger partial charge in [-0.05, 0) is 43.0 Å². The van der Waals surface area contributed by atoms with Crippen molar-refractivity contribution in [3.63, 3.8) is 0 Å². The van der Waals surface area contributed by atoms with Crippen LogP contribution in [0.3, 0.4) is 0 Å². The Balaban J connectivity index is 1.17. The van der Waals surface area contributed by atoms with Crippen molar-refractivity contribution in [2.75, 3.05) is 6.54 Å². The van der Waals surface area contributed by atoms with Crippen LogP contribution in [-0.2, 0) is 13.1 Å². The smallest absolute Gasteiger partial charge is 0.148 e. The highest BCUT2D eigenvalue weighted by molar-refractivity contribution is 5.93. The summed E-state index contributed by atoms with van der Waals surface area (Å²) >= 11 is 0. The molecule has 33 heavy (non-hydrogen) atoms. The molecular formula is C23H23FN8O. The molecule has 0 unspecified atom stereocenters. The van der Waals surface area contributed by atoms with E-state index in [-0.39, 0.29) is 5.82 Å². The summed E-state index contributed by atoms with van der Waals surface area (Å²) in [6.45, 7) is 1.78. The fraction of sp³-hybridized carbons (Fsp3) is 0.304. The molecule has 0 saturated heterocycles. The number of aromatic nitrogens is 7. The summed E-state index contributed by atoms with van der Waals surface area (Å²) in [6, 6.07) is 7.11. The molecule has 1 saturated carbocycles. The third-order valence-electron chi connectivity index (χ3n) is 6.33. The molecule has 1 aromatic carbocycles. The maximum atomic E-state index is 13.9. The second-order valence-electron chi connectivity index (χ2n) is 8.77. The third-order valence-corrected chi connectivity index (χ3v) is 6.33. The summed E-state index contributed by atoms with van der Waals surface area (Å²) in [4.78, 5) is 4.68. The van der Waals surface area contributed by atoms with Crippen molar-refractivity contribution < 1.29 is 9.50 Å². The molecule has 6 rings (SSSR count). The zero-order chi connectivity index (χ0) is 22.4. The van der Waals surface area contributed by atoms with Crippen LogP contribution in [0.15, 0.2) is 49.1 Å². The maximum Gasteiger partial charge on any atom is 0.148 e. The Morgan fingerprint density at radius 1 is 1.15 bits per heavy atom. The van der Waals surface area contributed by atoms with Crippen molar-refractivity contribution in [1.29, 1.82) is 0 Å². The molecule has 0 atom stereocenters. The van der Waals surface area contributed by atoms with Crippen molar-refractivity contribution >= 4 is 16.6 Å². The zero-order valence-corrected chi connectivity index (χ0v) is 17.9. The van der Waals surface area contributed by atoms with Crippen LogP contribution in [0.4, 0.5) is 4.39 Å². The van der Waals surface area contributed by atoms with Crippen LogP contribution in [0, 0.1) is 5.82 Å². The first-order valence-corrected chi connectivity index (χ1v) is 11.0. The molecule has 4 heterocycles. The molecule has 1 aliphatic rings. The number of hydrogen-bond donors (Lipinski definition) is 3. The van der Waals surface area contributed by atoms with E-state index in [1.165, 1.54) is 6.07 Å². The lowest BCUT2D eigenvalue weighted by atomic mass is 9.80. The van der Waals surface area contributed by atoms with Gasteiger partial charge in [0.2, 0.25) is 0 Å².